The van der Waals surface area contributed by atoms with E-state index in [1.165, 1.54) is 38.5 Å². The minimum absolute atomic E-state index is 0.0278. The zero-order valence-electron chi connectivity index (χ0n) is 68.6. The third kappa shape index (κ3) is 80.5. The fraction of sp³-hybridized carbons (Fsp3) is 0.648. The molecule has 0 aliphatic heterocycles. The molecule has 0 aromatic heterocycles. The first-order valence-corrected chi connectivity index (χ1v) is 45.4. The number of hydrogen-bond acceptors (Lipinski definition) is 15. The minimum atomic E-state index is -5.01. The van der Waals surface area contributed by atoms with Crippen molar-refractivity contribution in [2.75, 3.05) is 39.6 Å². The van der Waals surface area contributed by atoms with Gasteiger partial charge in [0.2, 0.25) is 0 Å². The van der Waals surface area contributed by atoms with E-state index >= 15 is 0 Å². The van der Waals surface area contributed by atoms with E-state index in [9.17, 15) is 43.2 Å². The molecule has 0 aromatic carbocycles. The quantitative estimate of drug-likeness (QED) is 0.0169. The molecule has 0 aliphatic rings. The second-order valence-corrected chi connectivity index (χ2v) is 30.6. The standard InChI is InChI=1S/C91H150O17P2/c1-5-9-13-17-21-25-29-33-37-40-42-45-48-51-55-59-63-67-71-75-88(93)101-81-86(107-90(95)77-73-69-65-61-57-53-47-36-32-28-24-20-16-12-8-4)83-105-109(97,98)103-79-85(92)80-104-110(99,100)106-84-87(108-91(96)78-74-70-66-62-58-54-50-44-39-35-31-27-23-19-15-11-7-3)82-102-89(94)76-72-68-64-60-56-52-49-46-43-41-38-34-30-26-22-18-14-10-6-2/h9,11,13,15,21-28,33-39,42-43,45-47,51,55,63,67,85-87,92H,5-8,10,12,14,16-20,29-32,40-41,44,48-50,52-54,56-62,64-66,68-84H2,1-4H3,(H,97,98)(H,99,100)/b13-9-,15-11-,25-21-,26-22-,27-23-,28-24-,37-33-,38-34-,39-35-,45-42-,46-43-,47-36-,55-51-,67-63-. The van der Waals surface area contributed by atoms with Gasteiger partial charge in [-0.3, -0.25) is 37.3 Å². The highest BCUT2D eigenvalue weighted by Gasteiger charge is 2.30. The number of unbranched alkanes of at least 4 members (excludes halogenated alkanes) is 24. The molecule has 626 valence electrons. The van der Waals surface area contributed by atoms with Crippen LogP contribution in [-0.2, 0) is 65.4 Å². The van der Waals surface area contributed by atoms with E-state index in [4.69, 9.17) is 37.0 Å². The van der Waals surface area contributed by atoms with Crippen molar-refractivity contribution in [3.63, 3.8) is 0 Å². The monoisotopic (exact) mass is 1580 g/mol. The van der Waals surface area contributed by atoms with Crippen molar-refractivity contribution in [1.82, 2.24) is 0 Å². The third-order valence-corrected chi connectivity index (χ3v) is 19.1. The Hall–Kier alpha value is -5.58. The van der Waals surface area contributed by atoms with E-state index in [1.54, 1.807) is 0 Å². The molecular formula is C91H150O17P2. The van der Waals surface area contributed by atoms with Gasteiger partial charge >= 0.3 is 39.5 Å². The highest BCUT2D eigenvalue weighted by Crippen LogP contribution is 2.45. The number of carbonyl (C=O) groups is 4. The van der Waals surface area contributed by atoms with Gasteiger partial charge in [0, 0.05) is 25.7 Å². The molecule has 0 aliphatic carbocycles. The van der Waals surface area contributed by atoms with Crippen LogP contribution in [-0.4, -0.2) is 96.7 Å². The maximum Gasteiger partial charge on any atom is 0.472 e. The Labute approximate surface area is 667 Å². The van der Waals surface area contributed by atoms with Gasteiger partial charge in [0.15, 0.2) is 12.2 Å². The summed E-state index contributed by atoms with van der Waals surface area (Å²) in [6.07, 6.45) is 97.5. The SMILES string of the molecule is CC/C=C\C/C=C\C/C=C\C/C=C\C/C=C\C/C=C\CCC(=O)OCC(COP(=O)(O)OCC(O)COP(=O)(O)OCC(COC(=O)CCCCCCCC/C=C\C/C=C\C/C=C\CCCCC)OC(=O)CCCCCCCCC/C=C\C/C=C\C/C=C\CC)OC(=O)CCCCCCC/C=C\C/C=C\CCCCC. The molecule has 0 rings (SSSR count). The fourth-order valence-corrected chi connectivity index (χ4v) is 12.3. The van der Waals surface area contributed by atoms with Crippen LogP contribution in [0.4, 0.5) is 0 Å². The van der Waals surface area contributed by atoms with Crippen molar-refractivity contribution in [1.29, 1.82) is 0 Å². The Morgan fingerprint density at radius 1 is 0.264 bits per heavy atom. The van der Waals surface area contributed by atoms with Crippen molar-refractivity contribution in [2.24, 2.45) is 0 Å². The van der Waals surface area contributed by atoms with E-state index in [0.717, 1.165) is 199 Å². The van der Waals surface area contributed by atoms with Gasteiger partial charge in [0.1, 0.15) is 19.3 Å². The van der Waals surface area contributed by atoms with E-state index in [1.807, 2.05) is 18.2 Å². The van der Waals surface area contributed by atoms with E-state index < -0.39 is 97.5 Å². The number of ether oxygens (including phenoxy) is 4. The first kappa shape index (κ1) is 104. The Morgan fingerprint density at radius 2 is 0.491 bits per heavy atom. The molecule has 0 radical (unpaired) electrons. The molecule has 5 atom stereocenters. The van der Waals surface area contributed by atoms with Crippen molar-refractivity contribution >= 4 is 39.5 Å². The first-order valence-electron chi connectivity index (χ1n) is 42.4. The van der Waals surface area contributed by atoms with Crippen LogP contribution in [0.15, 0.2) is 170 Å². The molecule has 0 amide bonds. The van der Waals surface area contributed by atoms with Crippen molar-refractivity contribution in [3.05, 3.63) is 170 Å². The number of aliphatic hydroxyl groups excluding tert-OH is 1. The van der Waals surface area contributed by atoms with Gasteiger partial charge in [0.25, 0.3) is 0 Å². The van der Waals surface area contributed by atoms with Gasteiger partial charge in [-0.05, 0) is 167 Å². The van der Waals surface area contributed by atoms with Crippen molar-refractivity contribution in [3.8, 4) is 0 Å². The number of esters is 4. The second kappa shape index (κ2) is 81.4. The molecule has 0 heterocycles. The number of rotatable bonds is 78. The third-order valence-electron chi connectivity index (χ3n) is 17.2. The summed E-state index contributed by atoms with van der Waals surface area (Å²) >= 11 is 0. The van der Waals surface area contributed by atoms with Crippen LogP contribution in [0.2, 0.25) is 0 Å². The molecule has 0 fully saturated rings. The summed E-state index contributed by atoms with van der Waals surface area (Å²) in [6.45, 7) is 4.48. The summed E-state index contributed by atoms with van der Waals surface area (Å²) in [5.41, 5.74) is 0. The van der Waals surface area contributed by atoms with Crippen LogP contribution in [0.3, 0.4) is 0 Å². The average Bonchev–Trinajstić information content (AvgIpc) is 0.899. The first-order chi connectivity index (χ1) is 53.7. The predicted molar refractivity (Wildman–Crippen MR) is 454 cm³/mol. The molecule has 5 unspecified atom stereocenters. The summed E-state index contributed by atoms with van der Waals surface area (Å²) in [5.74, 6) is -2.32. The molecule has 0 aromatic rings. The summed E-state index contributed by atoms with van der Waals surface area (Å²) in [4.78, 5) is 73.2. The highest BCUT2D eigenvalue weighted by molar-refractivity contribution is 7.47. The van der Waals surface area contributed by atoms with Gasteiger partial charge < -0.3 is 33.8 Å². The van der Waals surface area contributed by atoms with Crippen LogP contribution in [0, 0.1) is 0 Å². The Bertz CT molecular complexity index is 2750. The molecule has 0 saturated heterocycles. The largest absolute Gasteiger partial charge is 0.472 e. The van der Waals surface area contributed by atoms with Gasteiger partial charge in [0.05, 0.1) is 26.4 Å². The zero-order valence-corrected chi connectivity index (χ0v) is 70.4. The highest BCUT2D eigenvalue weighted by atomic mass is 31.2. The molecule has 17 nitrogen and oxygen atoms in total. The normalized spacial score (nSPS) is 14.6. The number of hydrogen-bond donors (Lipinski definition) is 3. The van der Waals surface area contributed by atoms with E-state index in [2.05, 4.69) is 180 Å². The molecule has 0 bridgehead atoms. The van der Waals surface area contributed by atoms with Crippen LogP contribution < -0.4 is 0 Å². The molecule has 0 spiro atoms. The topological polar surface area (TPSA) is 237 Å². The van der Waals surface area contributed by atoms with Crippen LogP contribution in [0.5, 0.6) is 0 Å². The number of allylic oxidation sites excluding steroid dienone is 28. The maximum absolute atomic E-state index is 13.1. The lowest BCUT2D eigenvalue weighted by atomic mass is 10.1. The minimum Gasteiger partial charge on any atom is -0.462 e. The van der Waals surface area contributed by atoms with Gasteiger partial charge in [-0.1, -0.05) is 301 Å². The number of phosphoric acid groups is 2. The fourth-order valence-electron chi connectivity index (χ4n) is 10.8. The predicted octanol–water partition coefficient (Wildman–Crippen LogP) is 25.3. The summed E-state index contributed by atoms with van der Waals surface area (Å²) in [7, 11) is -10.0. The van der Waals surface area contributed by atoms with Gasteiger partial charge in [-0.15, -0.1) is 0 Å². The average molecular weight is 1580 g/mol. The molecule has 19 heteroatoms. The van der Waals surface area contributed by atoms with Gasteiger partial charge in [-0.2, -0.15) is 0 Å². The Balaban J connectivity index is 5.48. The van der Waals surface area contributed by atoms with Crippen LogP contribution in [0.1, 0.15) is 323 Å². The van der Waals surface area contributed by atoms with E-state index in [-0.39, 0.29) is 25.7 Å². The summed E-state index contributed by atoms with van der Waals surface area (Å²) in [6, 6.07) is 0. The zero-order chi connectivity index (χ0) is 80.3. The van der Waals surface area contributed by atoms with Crippen molar-refractivity contribution < 1.29 is 80.2 Å². The molecular weight excluding hydrogens is 1430 g/mol. The second-order valence-electron chi connectivity index (χ2n) is 27.6. The Kier molecular flexibility index (Phi) is 77.3. The maximum atomic E-state index is 13.1. The Morgan fingerprint density at radius 3 is 0.782 bits per heavy atom. The van der Waals surface area contributed by atoms with Crippen LogP contribution in [0.25, 0.3) is 0 Å². The van der Waals surface area contributed by atoms with E-state index in [0.29, 0.717) is 32.1 Å². The number of aliphatic hydroxyl groups is 1. The summed E-state index contributed by atoms with van der Waals surface area (Å²) in [5, 5.41) is 10.7. The number of carbonyl (C=O) groups excluding carboxylic acids is 4. The van der Waals surface area contributed by atoms with Crippen LogP contribution >= 0.6 is 15.6 Å². The van der Waals surface area contributed by atoms with Gasteiger partial charge in [-0.25, -0.2) is 9.13 Å². The lowest BCUT2D eigenvalue weighted by molar-refractivity contribution is -0.161. The van der Waals surface area contributed by atoms with Crippen molar-refractivity contribution in [2.45, 2.75) is 341 Å². The summed E-state index contributed by atoms with van der Waals surface area (Å²) < 4.78 is 68.7. The molecule has 110 heavy (non-hydrogen) atoms. The molecule has 3 N–H and O–H groups in total. The smallest absolute Gasteiger partial charge is 0.462 e. The lowest BCUT2D eigenvalue weighted by Crippen LogP contribution is -2.30. The number of phosphoric ester groups is 2. The lowest BCUT2D eigenvalue weighted by Gasteiger charge is -2.21. The molecule has 0 saturated carbocycles.